The van der Waals surface area contributed by atoms with Crippen LogP contribution in [-0.2, 0) is 14.3 Å². The van der Waals surface area contributed by atoms with Crippen molar-refractivity contribution in [2.24, 2.45) is 0 Å². The molecule has 0 aliphatic rings. The molecule has 6 nitrogen and oxygen atoms in total. The second-order valence-corrected chi connectivity index (χ2v) is 26.3. The van der Waals surface area contributed by atoms with E-state index < -0.39 is 12.1 Å². The highest BCUT2D eigenvalue weighted by Crippen LogP contribution is 2.19. The predicted molar refractivity (Wildman–Crippen MR) is 370 cm³/mol. The van der Waals surface area contributed by atoms with Crippen LogP contribution in [0, 0.1) is 0 Å². The first-order chi connectivity index (χ1) is 41.5. The van der Waals surface area contributed by atoms with Gasteiger partial charge in [-0.15, -0.1) is 0 Å². The number of carbonyl (C=O) groups is 2. The molecule has 0 aromatic carbocycles. The third kappa shape index (κ3) is 69.2. The van der Waals surface area contributed by atoms with Crippen LogP contribution in [0.1, 0.15) is 425 Å². The molecule has 2 atom stereocenters. The maximum Gasteiger partial charge on any atom is 0.305 e. The maximum atomic E-state index is 12.6. The molecule has 0 heterocycles. The zero-order valence-electron chi connectivity index (χ0n) is 56.9. The standard InChI is InChI=1S/C78H149NO5/c1-3-5-7-9-11-13-15-17-19-21-22-23-33-36-39-42-46-50-54-58-62-66-70-76(81)75(74-80)79-77(82)71-67-63-59-55-51-47-43-40-37-34-31-29-27-25-24-26-28-30-32-35-38-41-45-49-53-57-61-65-69-73-84-78(83)72-68-64-60-56-52-48-44-20-18-16-14-12-10-8-6-4-2/h20,24,26,30,32,44,75-76,80-81H,3-19,21-23,25,27-29,31,33-43,45-74H2,1-2H3,(H,79,82)/b26-24-,32-30-,44-20-. The summed E-state index contributed by atoms with van der Waals surface area (Å²) in [5.41, 5.74) is 0. The molecule has 0 radical (unpaired) electrons. The van der Waals surface area contributed by atoms with Crippen molar-refractivity contribution < 1.29 is 24.5 Å². The number of unbranched alkanes of at least 4 members (excludes halogenated alkanes) is 55. The van der Waals surface area contributed by atoms with Crippen LogP contribution in [0.15, 0.2) is 36.5 Å². The fourth-order valence-electron chi connectivity index (χ4n) is 12.1. The lowest BCUT2D eigenvalue weighted by molar-refractivity contribution is -0.143. The predicted octanol–water partition coefficient (Wildman–Crippen LogP) is 25.0. The molecule has 496 valence electrons. The Balaban J connectivity index is 3.40. The molecule has 0 spiro atoms. The number of carbonyl (C=O) groups excluding carboxylic acids is 2. The van der Waals surface area contributed by atoms with Crippen LogP contribution < -0.4 is 5.32 Å². The highest BCUT2D eigenvalue weighted by atomic mass is 16.5. The lowest BCUT2D eigenvalue weighted by Gasteiger charge is -2.22. The van der Waals surface area contributed by atoms with Crippen molar-refractivity contribution >= 4 is 11.9 Å². The van der Waals surface area contributed by atoms with Gasteiger partial charge in [-0.25, -0.2) is 0 Å². The zero-order chi connectivity index (χ0) is 60.6. The Bertz CT molecular complexity index is 1360. The van der Waals surface area contributed by atoms with E-state index in [4.69, 9.17) is 4.74 Å². The Morgan fingerprint density at radius 3 is 0.917 bits per heavy atom. The zero-order valence-corrected chi connectivity index (χ0v) is 56.9. The van der Waals surface area contributed by atoms with E-state index in [0.717, 1.165) is 51.4 Å². The van der Waals surface area contributed by atoms with E-state index in [1.54, 1.807) is 0 Å². The van der Waals surface area contributed by atoms with Crippen LogP contribution in [0.2, 0.25) is 0 Å². The average molecular weight is 1180 g/mol. The van der Waals surface area contributed by atoms with Crippen LogP contribution in [-0.4, -0.2) is 47.4 Å². The Morgan fingerprint density at radius 2 is 0.595 bits per heavy atom. The Labute approximate surface area is 525 Å². The van der Waals surface area contributed by atoms with E-state index in [0.29, 0.717) is 25.9 Å². The molecule has 0 aliphatic heterocycles. The maximum absolute atomic E-state index is 12.6. The van der Waals surface area contributed by atoms with Gasteiger partial charge in [0.15, 0.2) is 0 Å². The minimum Gasteiger partial charge on any atom is -0.466 e. The van der Waals surface area contributed by atoms with Gasteiger partial charge in [-0.2, -0.15) is 0 Å². The van der Waals surface area contributed by atoms with Crippen molar-refractivity contribution in [1.82, 2.24) is 5.32 Å². The van der Waals surface area contributed by atoms with Gasteiger partial charge in [0.1, 0.15) is 0 Å². The van der Waals surface area contributed by atoms with E-state index in [9.17, 15) is 19.8 Å². The van der Waals surface area contributed by atoms with E-state index in [-0.39, 0.29) is 18.5 Å². The second kappa shape index (κ2) is 73.5. The monoisotopic (exact) mass is 1180 g/mol. The second-order valence-electron chi connectivity index (χ2n) is 26.3. The Hall–Kier alpha value is -1.92. The largest absolute Gasteiger partial charge is 0.466 e. The number of aliphatic hydroxyl groups excluding tert-OH is 2. The molecule has 0 aromatic heterocycles. The van der Waals surface area contributed by atoms with E-state index >= 15 is 0 Å². The first-order valence-electron chi connectivity index (χ1n) is 38.2. The average Bonchev–Trinajstić information content (AvgIpc) is 3.51. The van der Waals surface area contributed by atoms with Crippen LogP contribution in [0.3, 0.4) is 0 Å². The number of aliphatic hydroxyl groups is 2. The van der Waals surface area contributed by atoms with Crippen molar-refractivity contribution in [1.29, 1.82) is 0 Å². The summed E-state index contributed by atoms with van der Waals surface area (Å²) in [6, 6.07) is -0.544. The fourth-order valence-corrected chi connectivity index (χ4v) is 12.1. The van der Waals surface area contributed by atoms with Crippen molar-refractivity contribution in [3.8, 4) is 0 Å². The van der Waals surface area contributed by atoms with Gasteiger partial charge in [-0.3, -0.25) is 9.59 Å². The minimum absolute atomic E-state index is 0.00537. The number of ether oxygens (including phenoxy) is 1. The van der Waals surface area contributed by atoms with E-state index in [2.05, 4.69) is 55.6 Å². The summed E-state index contributed by atoms with van der Waals surface area (Å²) < 4.78 is 5.49. The van der Waals surface area contributed by atoms with Crippen molar-refractivity contribution in [3.63, 3.8) is 0 Å². The van der Waals surface area contributed by atoms with Gasteiger partial charge in [0.05, 0.1) is 25.4 Å². The van der Waals surface area contributed by atoms with E-state index in [1.807, 2.05) is 0 Å². The normalized spacial score (nSPS) is 12.7. The highest BCUT2D eigenvalue weighted by Gasteiger charge is 2.20. The minimum atomic E-state index is -0.667. The number of rotatable bonds is 72. The van der Waals surface area contributed by atoms with Crippen molar-refractivity contribution in [2.45, 2.75) is 437 Å². The third-order valence-electron chi connectivity index (χ3n) is 17.9. The van der Waals surface area contributed by atoms with Crippen molar-refractivity contribution in [3.05, 3.63) is 36.5 Å². The van der Waals surface area contributed by atoms with Gasteiger partial charge in [0.2, 0.25) is 5.91 Å². The van der Waals surface area contributed by atoms with Gasteiger partial charge in [0.25, 0.3) is 0 Å². The number of allylic oxidation sites excluding steroid dienone is 6. The van der Waals surface area contributed by atoms with E-state index in [1.165, 1.54) is 340 Å². The molecule has 1 amide bonds. The highest BCUT2D eigenvalue weighted by molar-refractivity contribution is 5.76. The fraction of sp³-hybridized carbons (Fsp3) is 0.897. The first-order valence-corrected chi connectivity index (χ1v) is 38.2. The molecule has 0 saturated heterocycles. The van der Waals surface area contributed by atoms with Crippen LogP contribution in [0.25, 0.3) is 0 Å². The Morgan fingerprint density at radius 1 is 0.333 bits per heavy atom. The molecule has 0 aromatic rings. The van der Waals surface area contributed by atoms with Gasteiger partial charge in [-0.05, 0) is 83.5 Å². The quantitative estimate of drug-likeness (QED) is 0.0320. The molecule has 6 heteroatoms. The molecule has 0 saturated carbocycles. The SMILES string of the molecule is CCCCCCCCC/C=C\CCCCCCCC(=O)OCCCCCCCCCCC/C=C\C/C=C\CCCCCCCCCCCCCCCC(=O)NC(CO)C(O)CCCCCCCCCCCCCCCCCCCCCCCC. The molecule has 0 rings (SSSR count). The van der Waals surface area contributed by atoms with Gasteiger partial charge < -0.3 is 20.3 Å². The van der Waals surface area contributed by atoms with Crippen LogP contribution in [0.5, 0.6) is 0 Å². The topological polar surface area (TPSA) is 95.9 Å². The summed E-state index contributed by atoms with van der Waals surface area (Å²) in [5, 5.41) is 23.4. The molecule has 84 heavy (non-hydrogen) atoms. The van der Waals surface area contributed by atoms with Gasteiger partial charge in [0, 0.05) is 12.8 Å². The molecule has 0 fully saturated rings. The Kier molecular flexibility index (Phi) is 71.9. The summed E-state index contributed by atoms with van der Waals surface area (Å²) in [7, 11) is 0. The van der Waals surface area contributed by atoms with Crippen molar-refractivity contribution in [2.75, 3.05) is 13.2 Å². The summed E-state index contributed by atoms with van der Waals surface area (Å²) in [6.07, 6.45) is 95.0. The molecule has 2 unspecified atom stereocenters. The summed E-state index contributed by atoms with van der Waals surface area (Å²) in [6.45, 7) is 4.99. The molecule has 0 aliphatic carbocycles. The summed E-state index contributed by atoms with van der Waals surface area (Å²) in [4.78, 5) is 24.6. The first kappa shape index (κ1) is 82.1. The number of hydrogen-bond donors (Lipinski definition) is 3. The van der Waals surface area contributed by atoms with Crippen LogP contribution >= 0.6 is 0 Å². The van der Waals surface area contributed by atoms with Crippen LogP contribution in [0.4, 0.5) is 0 Å². The number of nitrogens with one attached hydrogen (secondary N) is 1. The van der Waals surface area contributed by atoms with Gasteiger partial charge >= 0.3 is 5.97 Å². The molecule has 3 N–H and O–H groups in total. The number of esters is 1. The summed E-state index contributed by atoms with van der Waals surface area (Å²) >= 11 is 0. The number of amides is 1. The molecular formula is C78H149NO5. The summed E-state index contributed by atoms with van der Waals surface area (Å²) in [5.74, 6) is -0.0260. The third-order valence-corrected chi connectivity index (χ3v) is 17.9. The molecular weight excluding hydrogens is 1030 g/mol. The molecule has 0 bridgehead atoms. The number of hydrogen-bond acceptors (Lipinski definition) is 5. The lowest BCUT2D eigenvalue weighted by atomic mass is 10.0. The smallest absolute Gasteiger partial charge is 0.305 e. The lowest BCUT2D eigenvalue weighted by Crippen LogP contribution is -2.45. The van der Waals surface area contributed by atoms with Gasteiger partial charge in [-0.1, -0.05) is 365 Å².